The van der Waals surface area contributed by atoms with Crippen molar-refractivity contribution in [1.29, 1.82) is 0 Å². The van der Waals surface area contributed by atoms with Crippen molar-refractivity contribution in [1.82, 2.24) is 16.0 Å². The second kappa shape index (κ2) is 15.6. The number of primary amides is 1. The van der Waals surface area contributed by atoms with Crippen molar-refractivity contribution in [3.05, 3.63) is 0 Å². The van der Waals surface area contributed by atoms with Crippen molar-refractivity contribution < 1.29 is 39.0 Å². The summed E-state index contributed by atoms with van der Waals surface area (Å²) in [4.78, 5) is 71.8. The van der Waals surface area contributed by atoms with E-state index in [4.69, 9.17) is 16.6 Å². The second-order valence-corrected chi connectivity index (χ2v) is 9.00. The molecule has 4 amide bonds. The molecule has 0 heterocycles. The highest BCUT2D eigenvalue weighted by Crippen LogP contribution is 2.10. The first-order valence-corrected chi connectivity index (χ1v) is 11.6. The topological polar surface area (TPSA) is 231 Å². The minimum Gasteiger partial charge on any atom is -0.481 e. The molecule has 35 heavy (non-hydrogen) atoms. The molecule has 5 atom stereocenters. The van der Waals surface area contributed by atoms with E-state index >= 15 is 0 Å². The van der Waals surface area contributed by atoms with Gasteiger partial charge in [-0.05, 0) is 31.1 Å². The monoisotopic (exact) mass is 501 g/mol. The maximum Gasteiger partial charge on any atom is 0.326 e. The van der Waals surface area contributed by atoms with Crippen LogP contribution in [0.1, 0.15) is 66.2 Å². The summed E-state index contributed by atoms with van der Waals surface area (Å²) in [6.07, 6.45) is -0.415. The molecule has 13 heteroatoms. The van der Waals surface area contributed by atoms with Crippen LogP contribution in [0.25, 0.3) is 0 Å². The number of hydrogen-bond donors (Lipinski definition) is 7. The van der Waals surface area contributed by atoms with Gasteiger partial charge in [0.2, 0.25) is 23.6 Å². The van der Waals surface area contributed by atoms with E-state index in [1.165, 1.54) is 0 Å². The maximum atomic E-state index is 13.0. The predicted octanol–water partition coefficient (Wildman–Crippen LogP) is -0.925. The number of carbonyl (C=O) groups is 6. The van der Waals surface area contributed by atoms with Crippen LogP contribution in [0.4, 0.5) is 0 Å². The summed E-state index contributed by atoms with van der Waals surface area (Å²) in [5.41, 5.74) is 11.1. The number of hydrogen-bond acceptors (Lipinski definition) is 7. The molecule has 9 N–H and O–H groups in total. The van der Waals surface area contributed by atoms with Gasteiger partial charge in [-0.15, -0.1) is 0 Å². The number of carboxylic acid groups (broad SMARTS) is 2. The molecule has 0 aromatic rings. The number of carbonyl (C=O) groups excluding carboxylic acids is 4. The Labute approximate surface area is 204 Å². The van der Waals surface area contributed by atoms with E-state index in [1.807, 2.05) is 6.92 Å². The predicted molar refractivity (Wildman–Crippen MR) is 126 cm³/mol. The minimum absolute atomic E-state index is 0.0918. The standard InChI is InChI=1S/C22H39N5O8/c1-5-12(4)18(24)21(33)25-13(6-8-16(23)28)19(31)27-15(10-11(2)3)20(32)26-14(22(34)35)7-9-17(29)30/h11-15,18H,5-10,24H2,1-4H3,(H2,23,28)(H,25,33)(H,26,32)(H,27,31)(H,29,30)(H,34,35). The lowest BCUT2D eigenvalue weighted by molar-refractivity contribution is -0.143. The van der Waals surface area contributed by atoms with E-state index in [0.717, 1.165) is 0 Å². The quantitative estimate of drug-likeness (QED) is 0.130. The number of rotatable bonds is 17. The Bertz CT molecular complexity index is 773. The van der Waals surface area contributed by atoms with Crippen molar-refractivity contribution in [3.63, 3.8) is 0 Å². The third kappa shape index (κ3) is 12.7. The third-order valence-electron chi connectivity index (χ3n) is 5.47. The summed E-state index contributed by atoms with van der Waals surface area (Å²) in [5, 5.41) is 25.4. The molecule has 200 valence electrons. The molecule has 0 radical (unpaired) electrons. The van der Waals surface area contributed by atoms with E-state index in [9.17, 15) is 33.9 Å². The van der Waals surface area contributed by atoms with Gasteiger partial charge in [-0.25, -0.2) is 4.79 Å². The molecule has 0 aliphatic carbocycles. The third-order valence-corrected chi connectivity index (χ3v) is 5.47. The first-order valence-electron chi connectivity index (χ1n) is 11.6. The summed E-state index contributed by atoms with van der Waals surface area (Å²) in [5.74, 6) is -5.79. The Balaban J connectivity index is 5.61. The van der Waals surface area contributed by atoms with Crippen LogP contribution in [-0.4, -0.2) is 69.9 Å². The molecule has 13 nitrogen and oxygen atoms in total. The van der Waals surface area contributed by atoms with Crippen LogP contribution >= 0.6 is 0 Å². The summed E-state index contributed by atoms with van der Waals surface area (Å²) >= 11 is 0. The van der Waals surface area contributed by atoms with Gasteiger partial charge in [0.15, 0.2) is 0 Å². The van der Waals surface area contributed by atoms with Crippen LogP contribution in [-0.2, 0) is 28.8 Å². The first kappa shape index (κ1) is 31.8. The number of aliphatic carboxylic acids is 2. The van der Waals surface area contributed by atoms with Crippen LogP contribution in [0.3, 0.4) is 0 Å². The zero-order chi connectivity index (χ0) is 27.3. The van der Waals surface area contributed by atoms with E-state index in [0.29, 0.717) is 6.42 Å². The molecule has 0 spiro atoms. The summed E-state index contributed by atoms with van der Waals surface area (Å²) < 4.78 is 0. The largest absolute Gasteiger partial charge is 0.481 e. The molecular weight excluding hydrogens is 462 g/mol. The fourth-order valence-electron chi connectivity index (χ4n) is 3.11. The molecule has 0 aromatic carbocycles. The van der Waals surface area contributed by atoms with Crippen molar-refractivity contribution in [3.8, 4) is 0 Å². The summed E-state index contributed by atoms with van der Waals surface area (Å²) in [6.45, 7) is 7.19. The SMILES string of the molecule is CCC(C)C(N)C(=O)NC(CCC(N)=O)C(=O)NC(CC(C)C)C(=O)NC(CCC(=O)O)C(=O)O. The van der Waals surface area contributed by atoms with Crippen molar-refractivity contribution in [2.24, 2.45) is 23.3 Å². The highest BCUT2D eigenvalue weighted by atomic mass is 16.4. The Morgan fingerprint density at radius 1 is 0.771 bits per heavy atom. The van der Waals surface area contributed by atoms with Gasteiger partial charge in [-0.2, -0.15) is 0 Å². The van der Waals surface area contributed by atoms with Crippen LogP contribution < -0.4 is 27.4 Å². The lowest BCUT2D eigenvalue weighted by atomic mass is 9.98. The van der Waals surface area contributed by atoms with Gasteiger partial charge < -0.3 is 37.6 Å². The number of carboxylic acids is 2. The highest BCUT2D eigenvalue weighted by molar-refractivity contribution is 5.94. The number of nitrogens with two attached hydrogens (primary N) is 2. The average molecular weight is 502 g/mol. The Morgan fingerprint density at radius 3 is 1.71 bits per heavy atom. The summed E-state index contributed by atoms with van der Waals surface area (Å²) in [7, 11) is 0. The van der Waals surface area contributed by atoms with Gasteiger partial charge in [0.1, 0.15) is 18.1 Å². The van der Waals surface area contributed by atoms with E-state index in [-0.39, 0.29) is 37.5 Å². The van der Waals surface area contributed by atoms with Crippen molar-refractivity contribution >= 4 is 35.6 Å². The van der Waals surface area contributed by atoms with Crippen molar-refractivity contribution in [2.75, 3.05) is 0 Å². The summed E-state index contributed by atoms with van der Waals surface area (Å²) in [6, 6.07) is -4.76. The molecule has 0 saturated heterocycles. The van der Waals surface area contributed by atoms with Crippen molar-refractivity contribution in [2.45, 2.75) is 90.4 Å². The first-order chi connectivity index (χ1) is 16.2. The molecule has 0 aliphatic rings. The fraction of sp³-hybridized carbons (Fsp3) is 0.727. The molecule has 0 saturated carbocycles. The number of amides is 4. The van der Waals surface area contributed by atoms with E-state index < -0.39 is 66.2 Å². The molecule has 0 fully saturated rings. The van der Waals surface area contributed by atoms with Gasteiger partial charge in [-0.3, -0.25) is 24.0 Å². The number of nitrogens with one attached hydrogen (secondary N) is 3. The van der Waals surface area contributed by atoms with Gasteiger partial charge >= 0.3 is 11.9 Å². The maximum absolute atomic E-state index is 13.0. The van der Waals surface area contributed by atoms with Gasteiger partial charge in [0.05, 0.1) is 6.04 Å². The highest BCUT2D eigenvalue weighted by Gasteiger charge is 2.31. The zero-order valence-electron chi connectivity index (χ0n) is 20.7. The minimum atomic E-state index is -1.47. The smallest absolute Gasteiger partial charge is 0.326 e. The molecular formula is C22H39N5O8. The van der Waals surface area contributed by atoms with E-state index in [2.05, 4.69) is 16.0 Å². The average Bonchev–Trinajstić information content (AvgIpc) is 2.76. The molecule has 5 unspecified atom stereocenters. The van der Waals surface area contributed by atoms with Gasteiger partial charge in [0.25, 0.3) is 0 Å². The fourth-order valence-corrected chi connectivity index (χ4v) is 3.11. The molecule has 0 aromatic heterocycles. The van der Waals surface area contributed by atoms with Gasteiger partial charge in [0, 0.05) is 12.8 Å². The van der Waals surface area contributed by atoms with Crippen LogP contribution in [0.15, 0.2) is 0 Å². The normalized spacial score (nSPS) is 15.3. The molecule has 0 rings (SSSR count). The van der Waals surface area contributed by atoms with Crippen LogP contribution in [0, 0.1) is 11.8 Å². The van der Waals surface area contributed by atoms with E-state index in [1.54, 1.807) is 20.8 Å². The zero-order valence-corrected chi connectivity index (χ0v) is 20.7. The van der Waals surface area contributed by atoms with Gasteiger partial charge in [-0.1, -0.05) is 34.1 Å². The molecule has 0 aliphatic heterocycles. The molecule has 0 bridgehead atoms. The Morgan fingerprint density at radius 2 is 1.26 bits per heavy atom. The lowest BCUT2D eigenvalue weighted by Crippen LogP contribution is -2.58. The Kier molecular flexibility index (Phi) is 14.2. The second-order valence-electron chi connectivity index (χ2n) is 9.00. The van der Waals surface area contributed by atoms with Crippen LogP contribution in [0.2, 0.25) is 0 Å². The van der Waals surface area contributed by atoms with Crippen LogP contribution in [0.5, 0.6) is 0 Å². The Hall–Kier alpha value is -3.22. The lowest BCUT2D eigenvalue weighted by Gasteiger charge is -2.26.